The molecule has 0 heterocycles. The molecule has 0 N–H and O–H groups in total. The van der Waals surface area contributed by atoms with E-state index >= 15 is 0 Å². The molecule has 3 heteroatoms. The normalized spacial score (nSPS) is 13.3. The highest BCUT2D eigenvalue weighted by Gasteiger charge is 2.46. The molecule has 0 bridgehead atoms. The Morgan fingerprint density at radius 2 is 1.04 bits per heavy atom. The van der Waals surface area contributed by atoms with Gasteiger partial charge in [0, 0.05) is 0 Å². The van der Waals surface area contributed by atoms with Crippen molar-refractivity contribution in [1.82, 2.24) is 0 Å². The van der Waals surface area contributed by atoms with Crippen molar-refractivity contribution >= 4 is 32.2 Å². The van der Waals surface area contributed by atoms with Crippen LogP contribution in [0.5, 0.6) is 0 Å². The molecule has 1 unspecified atom stereocenters. The lowest BCUT2D eigenvalue weighted by Crippen LogP contribution is -2.72. The molecule has 0 saturated heterocycles. The van der Waals surface area contributed by atoms with E-state index in [0.717, 1.165) is 0 Å². The summed E-state index contributed by atoms with van der Waals surface area (Å²) in [5.74, 6) is 0.690. The second kappa shape index (κ2) is 9.04. The standard InChI is InChI=1S/C25H32OSi2/c1-5-22(2)21-27(3,4)26-28(23-15-9-6-10-16-23,24-17-11-7-12-18-24)25-19-13-8-14-20-25/h6-20,22H,5,21H2,1-4H3. The number of rotatable bonds is 8. The molecule has 3 rings (SSSR count). The predicted octanol–water partition coefficient (Wildman–Crippen LogP) is 4.92. The van der Waals surface area contributed by atoms with Gasteiger partial charge in [-0.05, 0) is 40.6 Å². The minimum atomic E-state index is -2.58. The summed E-state index contributed by atoms with van der Waals surface area (Å²) < 4.78 is 7.43. The van der Waals surface area contributed by atoms with E-state index in [0.29, 0.717) is 5.92 Å². The Morgan fingerprint density at radius 1 is 0.679 bits per heavy atom. The van der Waals surface area contributed by atoms with Crippen LogP contribution in [-0.2, 0) is 4.12 Å². The molecule has 0 aliphatic carbocycles. The van der Waals surface area contributed by atoms with Gasteiger partial charge in [-0.15, -0.1) is 0 Å². The fourth-order valence-electron chi connectivity index (χ4n) is 4.13. The molecule has 0 fully saturated rings. The van der Waals surface area contributed by atoms with Crippen LogP contribution in [0.2, 0.25) is 19.1 Å². The molecule has 0 aliphatic rings. The average Bonchev–Trinajstić information content (AvgIpc) is 2.73. The monoisotopic (exact) mass is 404 g/mol. The van der Waals surface area contributed by atoms with Crippen LogP contribution in [0.4, 0.5) is 0 Å². The van der Waals surface area contributed by atoms with Crippen molar-refractivity contribution < 1.29 is 4.12 Å². The predicted molar refractivity (Wildman–Crippen MR) is 127 cm³/mol. The van der Waals surface area contributed by atoms with Gasteiger partial charge in [-0.2, -0.15) is 0 Å². The van der Waals surface area contributed by atoms with Crippen LogP contribution < -0.4 is 15.6 Å². The first-order valence-electron chi connectivity index (χ1n) is 10.3. The van der Waals surface area contributed by atoms with Gasteiger partial charge in [-0.25, -0.2) is 0 Å². The average molecular weight is 405 g/mol. The van der Waals surface area contributed by atoms with Crippen molar-refractivity contribution in [2.75, 3.05) is 0 Å². The maximum atomic E-state index is 7.43. The molecule has 3 aromatic rings. The second-order valence-corrected chi connectivity index (χ2v) is 16.2. The topological polar surface area (TPSA) is 9.23 Å². The van der Waals surface area contributed by atoms with Crippen molar-refractivity contribution in [3.05, 3.63) is 91.0 Å². The largest absolute Gasteiger partial charge is 0.446 e. The van der Waals surface area contributed by atoms with E-state index in [1.807, 2.05) is 0 Å². The SMILES string of the molecule is CCC(C)C[Si](C)(C)O[Si](c1ccccc1)(c1ccccc1)c1ccccc1. The first kappa shape index (κ1) is 20.8. The van der Waals surface area contributed by atoms with Crippen LogP contribution in [0.25, 0.3) is 0 Å². The molecule has 3 aromatic carbocycles. The Balaban J connectivity index is 2.22. The molecule has 0 aliphatic heterocycles. The highest BCUT2D eigenvalue weighted by Crippen LogP contribution is 2.24. The van der Waals surface area contributed by atoms with Crippen molar-refractivity contribution in [2.45, 2.75) is 39.4 Å². The minimum absolute atomic E-state index is 0.690. The summed E-state index contributed by atoms with van der Waals surface area (Å²) in [6, 6.07) is 34.0. The third-order valence-corrected chi connectivity index (χ3v) is 14.1. The third-order valence-electron chi connectivity index (χ3n) is 5.51. The summed E-state index contributed by atoms with van der Waals surface area (Å²) in [7, 11) is -4.49. The lowest BCUT2D eigenvalue weighted by Gasteiger charge is -2.41. The van der Waals surface area contributed by atoms with Gasteiger partial charge in [-0.3, -0.25) is 0 Å². The van der Waals surface area contributed by atoms with E-state index in [2.05, 4.69) is 118 Å². The Labute approximate surface area is 172 Å². The zero-order valence-corrected chi connectivity index (χ0v) is 19.6. The maximum Gasteiger partial charge on any atom is 0.278 e. The van der Waals surface area contributed by atoms with E-state index in [1.54, 1.807) is 0 Å². The molecule has 0 amide bonds. The number of hydrogen-bond acceptors (Lipinski definition) is 1. The van der Waals surface area contributed by atoms with E-state index in [9.17, 15) is 0 Å². The van der Waals surface area contributed by atoms with Crippen molar-refractivity contribution in [3.8, 4) is 0 Å². The van der Waals surface area contributed by atoms with E-state index < -0.39 is 16.6 Å². The van der Waals surface area contributed by atoms with E-state index in [-0.39, 0.29) is 0 Å². The molecule has 0 radical (unpaired) electrons. The van der Waals surface area contributed by atoms with Crippen molar-refractivity contribution in [1.29, 1.82) is 0 Å². The lowest BCUT2D eigenvalue weighted by molar-refractivity contribution is 0.523. The lowest BCUT2D eigenvalue weighted by atomic mass is 10.2. The van der Waals surface area contributed by atoms with E-state index in [1.165, 1.54) is 28.0 Å². The van der Waals surface area contributed by atoms with Crippen LogP contribution in [0.15, 0.2) is 91.0 Å². The van der Waals surface area contributed by atoms with Crippen LogP contribution in [-0.4, -0.2) is 16.6 Å². The van der Waals surface area contributed by atoms with Crippen LogP contribution in [0, 0.1) is 5.92 Å². The number of benzene rings is 3. The molecule has 28 heavy (non-hydrogen) atoms. The molecule has 146 valence electrons. The van der Waals surface area contributed by atoms with Gasteiger partial charge in [0.25, 0.3) is 8.32 Å². The summed E-state index contributed by atoms with van der Waals surface area (Å²) in [4.78, 5) is 0. The Bertz CT molecular complexity index is 751. The summed E-state index contributed by atoms with van der Waals surface area (Å²) in [5, 5.41) is 3.99. The molecule has 0 aromatic heterocycles. The van der Waals surface area contributed by atoms with Crippen LogP contribution in [0.1, 0.15) is 20.3 Å². The minimum Gasteiger partial charge on any atom is -0.446 e. The molecule has 1 atom stereocenters. The quantitative estimate of drug-likeness (QED) is 0.382. The van der Waals surface area contributed by atoms with Crippen LogP contribution in [0.3, 0.4) is 0 Å². The van der Waals surface area contributed by atoms with Gasteiger partial charge in [0.15, 0.2) is 8.32 Å². The Morgan fingerprint density at radius 3 is 1.36 bits per heavy atom. The van der Waals surface area contributed by atoms with Crippen LogP contribution >= 0.6 is 0 Å². The number of hydrogen-bond donors (Lipinski definition) is 0. The Hall–Kier alpha value is -1.95. The van der Waals surface area contributed by atoms with Gasteiger partial charge in [0.2, 0.25) is 0 Å². The van der Waals surface area contributed by atoms with Crippen molar-refractivity contribution in [2.24, 2.45) is 5.92 Å². The van der Waals surface area contributed by atoms with E-state index in [4.69, 9.17) is 4.12 Å². The first-order valence-corrected chi connectivity index (χ1v) is 15.4. The summed E-state index contributed by atoms with van der Waals surface area (Å²) in [6.45, 7) is 9.44. The Kier molecular flexibility index (Phi) is 6.71. The third kappa shape index (κ3) is 4.54. The zero-order valence-electron chi connectivity index (χ0n) is 17.6. The molecular weight excluding hydrogens is 372 g/mol. The van der Waals surface area contributed by atoms with Gasteiger partial charge in [-0.1, -0.05) is 111 Å². The van der Waals surface area contributed by atoms with Gasteiger partial charge in [0.1, 0.15) is 0 Å². The van der Waals surface area contributed by atoms with Crippen molar-refractivity contribution in [3.63, 3.8) is 0 Å². The molecular formula is C25H32OSi2. The fourth-order valence-corrected chi connectivity index (χ4v) is 14.2. The summed E-state index contributed by atoms with van der Waals surface area (Å²) >= 11 is 0. The molecule has 1 nitrogen and oxygen atoms in total. The van der Waals surface area contributed by atoms with Gasteiger partial charge in [0.05, 0.1) is 0 Å². The first-order chi connectivity index (χ1) is 13.5. The second-order valence-electron chi connectivity index (χ2n) is 8.36. The summed E-state index contributed by atoms with van der Waals surface area (Å²) in [6.07, 6.45) is 1.20. The maximum absolute atomic E-state index is 7.43. The smallest absolute Gasteiger partial charge is 0.278 e. The highest BCUT2D eigenvalue weighted by atomic mass is 28.4. The molecule has 0 saturated carbocycles. The van der Waals surface area contributed by atoms with Gasteiger partial charge < -0.3 is 4.12 Å². The highest BCUT2D eigenvalue weighted by molar-refractivity contribution is 7.10. The molecule has 0 spiro atoms. The zero-order chi connectivity index (χ0) is 20.0. The van der Waals surface area contributed by atoms with Gasteiger partial charge >= 0.3 is 0 Å². The summed E-state index contributed by atoms with van der Waals surface area (Å²) in [5.41, 5.74) is 0. The fraction of sp³-hybridized carbons (Fsp3) is 0.280.